The number of nitrogens with zero attached hydrogens (tertiary/aromatic N) is 1. The van der Waals surface area contributed by atoms with E-state index < -0.39 is 23.6 Å². The Kier molecular flexibility index (Phi) is 2.54. The van der Waals surface area contributed by atoms with Crippen LogP contribution in [0.4, 0.5) is 17.6 Å². The molecular formula is C8H7F4N. The van der Waals surface area contributed by atoms with Gasteiger partial charge in [0.2, 0.25) is 5.95 Å². The largest absolute Gasteiger partial charge is 0.395 e. The Morgan fingerprint density at radius 3 is 2.46 bits per heavy atom. The van der Waals surface area contributed by atoms with Crippen molar-refractivity contribution in [2.45, 2.75) is 19.0 Å². The fraction of sp³-hybridized carbons (Fsp3) is 0.375. The van der Waals surface area contributed by atoms with Crippen LogP contribution in [0.1, 0.15) is 18.4 Å². The maximum absolute atomic E-state index is 12.8. The first-order valence-corrected chi connectivity index (χ1v) is 3.60. The van der Waals surface area contributed by atoms with Crippen LogP contribution in [0.3, 0.4) is 0 Å². The molecule has 0 bridgehead atoms. The first-order chi connectivity index (χ1) is 5.93. The maximum atomic E-state index is 12.8. The van der Waals surface area contributed by atoms with Gasteiger partial charge in [0.15, 0.2) is 0 Å². The van der Waals surface area contributed by atoms with Gasteiger partial charge in [-0.25, -0.2) is 4.98 Å². The summed E-state index contributed by atoms with van der Waals surface area (Å²) in [6, 6.07) is 2.36. The summed E-state index contributed by atoms with van der Waals surface area (Å²) < 4.78 is 49.1. The SMILES string of the molecule is CC(c1cccnc1F)C(F)(F)F. The number of pyridine rings is 1. The minimum atomic E-state index is -4.43. The lowest BCUT2D eigenvalue weighted by Crippen LogP contribution is -2.19. The lowest BCUT2D eigenvalue weighted by molar-refractivity contribution is -0.147. The molecule has 1 nitrogen and oxygen atoms in total. The zero-order valence-corrected chi connectivity index (χ0v) is 6.77. The minimum absolute atomic E-state index is 0.421. The Morgan fingerprint density at radius 1 is 1.38 bits per heavy atom. The summed E-state index contributed by atoms with van der Waals surface area (Å²) in [5.41, 5.74) is -0.421. The van der Waals surface area contributed by atoms with Crippen molar-refractivity contribution in [3.63, 3.8) is 0 Å². The third kappa shape index (κ3) is 2.17. The van der Waals surface area contributed by atoms with Gasteiger partial charge in [0.05, 0.1) is 5.92 Å². The molecule has 1 unspecified atom stereocenters. The molecule has 0 radical (unpaired) electrons. The van der Waals surface area contributed by atoms with Crippen molar-refractivity contribution in [2.75, 3.05) is 0 Å². The van der Waals surface area contributed by atoms with Crippen molar-refractivity contribution in [3.8, 4) is 0 Å². The lowest BCUT2D eigenvalue weighted by Gasteiger charge is -2.15. The van der Waals surface area contributed by atoms with Crippen molar-refractivity contribution in [3.05, 3.63) is 29.8 Å². The molecule has 0 aromatic carbocycles. The predicted octanol–water partition coefficient (Wildman–Crippen LogP) is 2.89. The summed E-state index contributed by atoms with van der Waals surface area (Å²) in [5.74, 6) is -2.88. The molecule has 1 aromatic rings. The highest BCUT2D eigenvalue weighted by molar-refractivity contribution is 5.17. The first kappa shape index (κ1) is 9.95. The number of hydrogen-bond donors (Lipinski definition) is 0. The molecule has 0 amide bonds. The molecule has 0 aliphatic rings. The molecule has 0 spiro atoms. The quantitative estimate of drug-likeness (QED) is 0.493. The van der Waals surface area contributed by atoms with E-state index in [1.165, 1.54) is 6.07 Å². The molecule has 0 fully saturated rings. The van der Waals surface area contributed by atoms with Gasteiger partial charge in [-0.3, -0.25) is 0 Å². The Balaban J connectivity index is 3.02. The summed E-state index contributed by atoms with van der Waals surface area (Å²) in [6.45, 7) is 0.903. The third-order valence-electron chi connectivity index (χ3n) is 1.75. The number of halogens is 4. The predicted molar refractivity (Wildman–Crippen MR) is 38.7 cm³/mol. The Hall–Kier alpha value is -1.13. The van der Waals surface area contributed by atoms with E-state index in [-0.39, 0.29) is 0 Å². The Bertz CT molecular complexity index is 294. The summed E-state index contributed by atoms with van der Waals surface area (Å²) in [4.78, 5) is 3.15. The molecule has 13 heavy (non-hydrogen) atoms. The summed E-state index contributed by atoms with van der Waals surface area (Å²) in [6.07, 6.45) is -3.31. The van der Waals surface area contributed by atoms with E-state index in [1.54, 1.807) is 0 Å². The molecule has 0 aliphatic heterocycles. The van der Waals surface area contributed by atoms with E-state index >= 15 is 0 Å². The zero-order valence-electron chi connectivity index (χ0n) is 6.77. The molecule has 0 N–H and O–H groups in total. The van der Waals surface area contributed by atoms with Gasteiger partial charge in [0.1, 0.15) is 0 Å². The topological polar surface area (TPSA) is 12.9 Å². The van der Waals surface area contributed by atoms with Crippen LogP contribution in [0.5, 0.6) is 0 Å². The second-order valence-electron chi connectivity index (χ2n) is 2.65. The highest BCUT2D eigenvalue weighted by Gasteiger charge is 2.38. The van der Waals surface area contributed by atoms with Gasteiger partial charge in [-0.2, -0.15) is 17.6 Å². The maximum Gasteiger partial charge on any atom is 0.395 e. The number of alkyl halides is 3. The van der Waals surface area contributed by atoms with Crippen molar-refractivity contribution in [1.29, 1.82) is 0 Å². The van der Waals surface area contributed by atoms with E-state index in [2.05, 4.69) is 4.98 Å². The van der Waals surface area contributed by atoms with Crippen LogP contribution in [0.2, 0.25) is 0 Å². The molecular weight excluding hydrogens is 186 g/mol. The second-order valence-corrected chi connectivity index (χ2v) is 2.65. The van der Waals surface area contributed by atoms with Crippen LogP contribution in [0.25, 0.3) is 0 Å². The van der Waals surface area contributed by atoms with Gasteiger partial charge in [0, 0.05) is 11.8 Å². The van der Waals surface area contributed by atoms with Crippen LogP contribution in [0, 0.1) is 5.95 Å². The van der Waals surface area contributed by atoms with Crippen molar-refractivity contribution >= 4 is 0 Å². The fourth-order valence-electron chi connectivity index (χ4n) is 0.898. The van der Waals surface area contributed by atoms with E-state index in [1.807, 2.05) is 0 Å². The van der Waals surface area contributed by atoms with Gasteiger partial charge in [-0.1, -0.05) is 6.07 Å². The number of aromatic nitrogens is 1. The van der Waals surface area contributed by atoms with Gasteiger partial charge >= 0.3 is 6.18 Å². The average molecular weight is 193 g/mol. The average Bonchev–Trinajstić information content (AvgIpc) is 2.02. The van der Waals surface area contributed by atoms with E-state index in [0.29, 0.717) is 0 Å². The van der Waals surface area contributed by atoms with Crippen LogP contribution < -0.4 is 0 Å². The monoisotopic (exact) mass is 193 g/mol. The van der Waals surface area contributed by atoms with E-state index in [9.17, 15) is 17.6 Å². The Morgan fingerprint density at radius 2 is 2.00 bits per heavy atom. The normalized spacial score (nSPS) is 14.2. The van der Waals surface area contributed by atoms with Crippen LogP contribution >= 0.6 is 0 Å². The van der Waals surface area contributed by atoms with E-state index in [4.69, 9.17) is 0 Å². The molecule has 1 atom stereocenters. The van der Waals surface area contributed by atoms with Gasteiger partial charge in [0.25, 0.3) is 0 Å². The van der Waals surface area contributed by atoms with Gasteiger partial charge in [-0.15, -0.1) is 0 Å². The van der Waals surface area contributed by atoms with Crippen LogP contribution in [-0.4, -0.2) is 11.2 Å². The number of hydrogen-bond acceptors (Lipinski definition) is 1. The lowest BCUT2D eigenvalue weighted by atomic mass is 10.0. The summed E-state index contributed by atoms with van der Waals surface area (Å²) in [7, 11) is 0. The third-order valence-corrected chi connectivity index (χ3v) is 1.75. The Labute approximate surface area is 72.4 Å². The summed E-state index contributed by atoms with van der Waals surface area (Å²) in [5, 5.41) is 0. The molecule has 1 rings (SSSR count). The van der Waals surface area contributed by atoms with Crippen LogP contribution in [-0.2, 0) is 0 Å². The molecule has 1 aromatic heterocycles. The van der Waals surface area contributed by atoms with Crippen LogP contribution in [0.15, 0.2) is 18.3 Å². The molecule has 72 valence electrons. The molecule has 0 saturated heterocycles. The first-order valence-electron chi connectivity index (χ1n) is 3.60. The summed E-state index contributed by atoms with van der Waals surface area (Å²) >= 11 is 0. The van der Waals surface area contributed by atoms with E-state index in [0.717, 1.165) is 19.2 Å². The molecule has 1 heterocycles. The van der Waals surface area contributed by atoms with Crippen molar-refractivity contribution < 1.29 is 17.6 Å². The smallest absolute Gasteiger partial charge is 0.228 e. The highest BCUT2D eigenvalue weighted by Crippen LogP contribution is 2.34. The standard InChI is InChI=1S/C8H7F4N/c1-5(8(10,11)12)6-3-2-4-13-7(6)9/h2-5H,1H3. The molecule has 0 aliphatic carbocycles. The zero-order chi connectivity index (χ0) is 10.1. The van der Waals surface area contributed by atoms with Crippen molar-refractivity contribution in [2.24, 2.45) is 0 Å². The molecule has 5 heteroatoms. The highest BCUT2D eigenvalue weighted by atomic mass is 19.4. The second kappa shape index (κ2) is 3.32. The minimum Gasteiger partial charge on any atom is -0.228 e. The molecule has 0 saturated carbocycles. The van der Waals surface area contributed by atoms with Gasteiger partial charge in [-0.05, 0) is 13.0 Å². The van der Waals surface area contributed by atoms with Gasteiger partial charge < -0.3 is 0 Å². The number of rotatable bonds is 1. The fourth-order valence-corrected chi connectivity index (χ4v) is 0.898. The van der Waals surface area contributed by atoms with Crippen molar-refractivity contribution in [1.82, 2.24) is 4.98 Å².